The number of fused-ring (bicyclic) bond motifs is 1. The van der Waals surface area contributed by atoms with E-state index < -0.39 is 23.5 Å². The molecule has 1 fully saturated rings. The van der Waals surface area contributed by atoms with Gasteiger partial charge in [0.15, 0.2) is 11.6 Å². The molecule has 0 saturated carbocycles. The molecule has 2 heterocycles. The summed E-state index contributed by atoms with van der Waals surface area (Å²) in [5.74, 6) is -1.07. The second kappa shape index (κ2) is 10.4. The first-order chi connectivity index (χ1) is 18.2. The van der Waals surface area contributed by atoms with E-state index in [2.05, 4.69) is 25.5 Å². The van der Waals surface area contributed by atoms with E-state index in [4.69, 9.17) is 16.3 Å². The third kappa shape index (κ3) is 5.48. The molecule has 12 heteroatoms. The first-order valence-electron chi connectivity index (χ1n) is 11.6. The van der Waals surface area contributed by atoms with E-state index >= 15 is 0 Å². The summed E-state index contributed by atoms with van der Waals surface area (Å²) in [7, 11) is 0. The standard InChI is InChI=1S/C26H20ClF4N5O2/c27-23-20(35-25(37)15-2-1-3-16(12-15)26(29,30)31)7-5-18(28)24(23)38-17-4-6-19-21(13-17)34-22(14-33-19)36-10-8-32-9-11-36/h1-7,12-14,32H,8-11H2,(H,35,37). The van der Waals surface area contributed by atoms with Crippen LogP contribution >= 0.6 is 11.6 Å². The summed E-state index contributed by atoms with van der Waals surface area (Å²) < 4.78 is 59.5. The predicted octanol–water partition coefficient (Wildman–Crippen LogP) is 5.90. The Kier molecular flexibility index (Phi) is 7.04. The lowest BCUT2D eigenvalue weighted by Crippen LogP contribution is -2.43. The minimum atomic E-state index is -4.61. The lowest BCUT2D eigenvalue weighted by Gasteiger charge is -2.28. The number of amides is 1. The van der Waals surface area contributed by atoms with Gasteiger partial charge in [-0.2, -0.15) is 13.2 Å². The van der Waals surface area contributed by atoms with Gasteiger partial charge in [0.25, 0.3) is 5.91 Å². The molecule has 7 nitrogen and oxygen atoms in total. The molecule has 1 aliphatic rings. The summed E-state index contributed by atoms with van der Waals surface area (Å²) in [5.41, 5.74) is -0.101. The van der Waals surface area contributed by atoms with Crippen molar-refractivity contribution in [3.63, 3.8) is 0 Å². The zero-order valence-corrected chi connectivity index (χ0v) is 20.4. The maximum Gasteiger partial charge on any atom is 0.416 e. The van der Waals surface area contributed by atoms with E-state index in [0.29, 0.717) is 16.9 Å². The SMILES string of the molecule is O=C(Nc1ccc(F)c(Oc2ccc3ncc(N4CCNCC4)nc3c2)c1Cl)c1cccc(C(F)(F)F)c1. The minimum Gasteiger partial charge on any atom is -0.453 e. The van der Waals surface area contributed by atoms with E-state index in [1.165, 1.54) is 12.1 Å². The average Bonchev–Trinajstić information content (AvgIpc) is 2.92. The molecule has 2 N–H and O–H groups in total. The highest BCUT2D eigenvalue weighted by Gasteiger charge is 2.31. The molecule has 0 unspecified atom stereocenters. The topological polar surface area (TPSA) is 79.4 Å². The Morgan fingerprint density at radius 1 is 1.05 bits per heavy atom. The van der Waals surface area contributed by atoms with Crippen molar-refractivity contribution in [3.05, 3.63) is 82.8 Å². The highest BCUT2D eigenvalue weighted by molar-refractivity contribution is 6.35. The van der Waals surface area contributed by atoms with Crippen molar-refractivity contribution in [1.82, 2.24) is 15.3 Å². The number of carbonyl (C=O) groups is 1. The number of benzene rings is 3. The number of hydrogen-bond acceptors (Lipinski definition) is 6. The summed E-state index contributed by atoms with van der Waals surface area (Å²) in [6, 6.07) is 11.0. The molecule has 1 aliphatic heterocycles. The van der Waals surface area contributed by atoms with Crippen LogP contribution in [0.3, 0.4) is 0 Å². The molecular formula is C26H20ClF4N5O2. The number of alkyl halides is 3. The van der Waals surface area contributed by atoms with Gasteiger partial charge in [0.1, 0.15) is 16.6 Å². The van der Waals surface area contributed by atoms with Crippen LogP contribution in [0.1, 0.15) is 15.9 Å². The van der Waals surface area contributed by atoms with E-state index in [1.54, 1.807) is 24.4 Å². The number of nitrogens with zero attached hydrogens (tertiary/aromatic N) is 3. The van der Waals surface area contributed by atoms with Crippen LogP contribution < -0.4 is 20.3 Å². The Labute approximate surface area is 219 Å². The number of carbonyl (C=O) groups excluding carboxylic acids is 1. The van der Waals surface area contributed by atoms with Gasteiger partial charge in [0, 0.05) is 37.8 Å². The van der Waals surface area contributed by atoms with Crippen molar-refractivity contribution in [2.45, 2.75) is 6.18 Å². The number of hydrogen-bond donors (Lipinski definition) is 2. The van der Waals surface area contributed by atoms with Crippen molar-refractivity contribution in [2.24, 2.45) is 0 Å². The fourth-order valence-corrected chi connectivity index (χ4v) is 4.20. The molecular weight excluding hydrogens is 526 g/mol. The maximum atomic E-state index is 14.7. The van der Waals surface area contributed by atoms with Crippen LogP contribution in [0.5, 0.6) is 11.5 Å². The zero-order chi connectivity index (χ0) is 26.9. The fourth-order valence-electron chi connectivity index (χ4n) is 3.96. The normalized spacial score (nSPS) is 14.0. The van der Waals surface area contributed by atoms with E-state index in [0.717, 1.165) is 50.4 Å². The van der Waals surface area contributed by atoms with E-state index in [-0.39, 0.29) is 27.8 Å². The van der Waals surface area contributed by atoms with Crippen LogP contribution in [0.2, 0.25) is 5.02 Å². The molecule has 196 valence electrons. The first-order valence-corrected chi connectivity index (χ1v) is 11.9. The van der Waals surface area contributed by atoms with Gasteiger partial charge in [-0.1, -0.05) is 17.7 Å². The van der Waals surface area contributed by atoms with Gasteiger partial charge in [-0.15, -0.1) is 0 Å². The van der Waals surface area contributed by atoms with Gasteiger partial charge in [-0.25, -0.2) is 9.37 Å². The highest BCUT2D eigenvalue weighted by atomic mass is 35.5. The smallest absolute Gasteiger partial charge is 0.416 e. The quantitative estimate of drug-likeness (QED) is 0.304. The summed E-state index contributed by atoms with van der Waals surface area (Å²) in [5, 5.41) is 5.43. The highest BCUT2D eigenvalue weighted by Crippen LogP contribution is 2.38. The van der Waals surface area contributed by atoms with Crippen LogP contribution in [-0.2, 0) is 6.18 Å². The first kappa shape index (κ1) is 25.7. The van der Waals surface area contributed by atoms with Crippen molar-refractivity contribution in [2.75, 3.05) is 36.4 Å². The molecule has 0 spiro atoms. The Balaban J connectivity index is 1.39. The van der Waals surface area contributed by atoms with Gasteiger partial charge in [-0.3, -0.25) is 9.78 Å². The van der Waals surface area contributed by atoms with Crippen LogP contribution in [0.4, 0.5) is 29.1 Å². The summed E-state index contributed by atoms with van der Waals surface area (Å²) in [6.07, 6.45) is -2.91. The van der Waals surface area contributed by atoms with Crippen molar-refractivity contribution < 1.29 is 27.1 Å². The molecule has 0 atom stereocenters. The molecule has 4 aromatic rings. The number of nitrogens with one attached hydrogen (secondary N) is 2. The Morgan fingerprint density at radius 2 is 1.84 bits per heavy atom. The summed E-state index contributed by atoms with van der Waals surface area (Å²) in [6.45, 7) is 3.25. The van der Waals surface area contributed by atoms with Crippen LogP contribution in [0, 0.1) is 5.82 Å². The Bertz CT molecular complexity index is 1510. The lowest BCUT2D eigenvalue weighted by atomic mass is 10.1. The van der Waals surface area contributed by atoms with Gasteiger partial charge >= 0.3 is 6.18 Å². The number of aromatic nitrogens is 2. The molecule has 3 aromatic carbocycles. The molecule has 38 heavy (non-hydrogen) atoms. The van der Waals surface area contributed by atoms with E-state index in [1.807, 2.05) is 0 Å². The van der Waals surface area contributed by atoms with Crippen LogP contribution in [0.25, 0.3) is 11.0 Å². The largest absolute Gasteiger partial charge is 0.453 e. The molecule has 1 aromatic heterocycles. The second-order valence-electron chi connectivity index (χ2n) is 8.49. The molecule has 0 aliphatic carbocycles. The molecule has 0 radical (unpaired) electrons. The average molecular weight is 546 g/mol. The maximum absolute atomic E-state index is 14.7. The summed E-state index contributed by atoms with van der Waals surface area (Å²) in [4.78, 5) is 23.8. The minimum absolute atomic E-state index is 0.0351. The molecule has 1 amide bonds. The lowest BCUT2D eigenvalue weighted by molar-refractivity contribution is -0.137. The van der Waals surface area contributed by atoms with Crippen LogP contribution in [-0.4, -0.2) is 42.1 Å². The van der Waals surface area contributed by atoms with Gasteiger partial charge in [0.05, 0.1) is 28.5 Å². The van der Waals surface area contributed by atoms with Crippen molar-refractivity contribution in [3.8, 4) is 11.5 Å². The Hall–Kier alpha value is -3.96. The van der Waals surface area contributed by atoms with Crippen molar-refractivity contribution in [1.29, 1.82) is 0 Å². The number of rotatable bonds is 5. The second-order valence-corrected chi connectivity index (χ2v) is 8.87. The monoisotopic (exact) mass is 545 g/mol. The van der Waals surface area contributed by atoms with Gasteiger partial charge in [0.2, 0.25) is 0 Å². The van der Waals surface area contributed by atoms with Crippen molar-refractivity contribution >= 4 is 40.0 Å². The fraction of sp³-hybridized carbons (Fsp3) is 0.192. The number of ether oxygens (including phenoxy) is 1. The number of halogens is 5. The molecule has 5 rings (SSSR count). The van der Waals surface area contributed by atoms with E-state index in [9.17, 15) is 22.4 Å². The molecule has 0 bridgehead atoms. The Morgan fingerprint density at radius 3 is 2.61 bits per heavy atom. The molecule has 1 saturated heterocycles. The van der Waals surface area contributed by atoms with Crippen LogP contribution in [0.15, 0.2) is 60.8 Å². The number of piperazine rings is 1. The van der Waals surface area contributed by atoms with Gasteiger partial charge < -0.3 is 20.3 Å². The zero-order valence-electron chi connectivity index (χ0n) is 19.6. The summed E-state index contributed by atoms with van der Waals surface area (Å²) >= 11 is 6.34. The van der Waals surface area contributed by atoms with Gasteiger partial charge in [-0.05, 0) is 42.5 Å². The third-order valence-corrected chi connectivity index (χ3v) is 6.29. The third-order valence-electron chi connectivity index (χ3n) is 5.91. The number of anilines is 2. The predicted molar refractivity (Wildman–Crippen MR) is 136 cm³/mol.